The smallest absolute Gasteiger partial charge is 0.335 e. The van der Waals surface area contributed by atoms with Gasteiger partial charge in [0.2, 0.25) is 0 Å². The van der Waals surface area contributed by atoms with Gasteiger partial charge in [0.1, 0.15) is 6.04 Å². The predicted molar refractivity (Wildman–Crippen MR) is 63.4 cm³/mol. The van der Waals surface area contributed by atoms with Gasteiger partial charge in [-0.15, -0.1) is 0 Å². The van der Waals surface area contributed by atoms with Crippen molar-refractivity contribution in [3.63, 3.8) is 0 Å². The molecule has 0 saturated carbocycles. The topological polar surface area (TPSA) is 105 Å². The number of benzene rings is 1. The SMILES string of the molecule is O=C1NC[C@@H](C(=O)ON2C(=O)c3ccccc3C2=O)N1. The molecule has 1 fully saturated rings. The summed E-state index contributed by atoms with van der Waals surface area (Å²) in [4.78, 5) is 51.4. The van der Waals surface area contributed by atoms with Crippen molar-refractivity contribution < 1.29 is 24.0 Å². The Kier molecular flexibility index (Phi) is 2.63. The lowest BCUT2D eigenvalue weighted by atomic mass is 10.1. The molecular formula is C12H9N3O5. The van der Waals surface area contributed by atoms with Crippen LogP contribution in [0.15, 0.2) is 24.3 Å². The van der Waals surface area contributed by atoms with Gasteiger partial charge >= 0.3 is 12.0 Å². The van der Waals surface area contributed by atoms with E-state index >= 15 is 0 Å². The molecule has 2 aliphatic rings. The molecule has 3 rings (SSSR count). The number of imide groups is 1. The van der Waals surface area contributed by atoms with Crippen molar-refractivity contribution in [2.24, 2.45) is 0 Å². The van der Waals surface area contributed by atoms with Crippen LogP contribution < -0.4 is 10.6 Å². The summed E-state index contributed by atoms with van der Waals surface area (Å²) in [6, 6.07) is 4.73. The first-order chi connectivity index (χ1) is 9.58. The maximum absolute atomic E-state index is 11.9. The van der Waals surface area contributed by atoms with E-state index in [0.717, 1.165) is 0 Å². The molecule has 0 bridgehead atoms. The molecule has 0 aliphatic carbocycles. The second-order valence-corrected chi connectivity index (χ2v) is 4.27. The Labute approximate surface area is 112 Å². The Morgan fingerprint density at radius 1 is 1.15 bits per heavy atom. The Hall–Kier alpha value is -2.90. The van der Waals surface area contributed by atoms with Crippen molar-refractivity contribution >= 4 is 23.8 Å². The number of nitrogens with one attached hydrogen (secondary N) is 2. The van der Waals surface area contributed by atoms with E-state index < -0.39 is 29.9 Å². The molecule has 4 amide bonds. The van der Waals surface area contributed by atoms with E-state index in [0.29, 0.717) is 5.06 Å². The van der Waals surface area contributed by atoms with Crippen LogP contribution in [0.25, 0.3) is 0 Å². The summed E-state index contributed by atoms with van der Waals surface area (Å²) in [5, 5.41) is 5.09. The Morgan fingerprint density at radius 2 is 1.75 bits per heavy atom. The number of hydrogen-bond acceptors (Lipinski definition) is 5. The highest BCUT2D eigenvalue weighted by molar-refractivity contribution is 6.20. The number of nitrogens with zero attached hydrogens (tertiary/aromatic N) is 1. The second kappa shape index (κ2) is 4.34. The molecule has 102 valence electrons. The van der Waals surface area contributed by atoms with Crippen LogP contribution in [0.1, 0.15) is 20.7 Å². The Balaban J connectivity index is 1.77. The molecular weight excluding hydrogens is 266 g/mol. The molecule has 0 aromatic heterocycles. The summed E-state index contributed by atoms with van der Waals surface area (Å²) < 4.78 is 0. The molecule has 1 atom stereocenters. The van der Waals surface area contributed by atoms with Gasteiger partial charge in [-0.3, -0.25) is 9.59 Å². The maximum atomic E-state index is 11.9. The Bertz CT molecular complexity index is 607. The first kappa shape index (κ1) is 12.2. The summed E-state index contributed by atoms with van der Waals surface area (Å²) in [5.74, 6) is -2.27. The summed E-state index contributed by atoms with van der Waals surface area (Å²) in [6.45, 7) is 0.0425. The van der Waals surface area contributed by atoms with Crippen LogP contribution in [0.2, 0.25) is 0 Å². The standard InChI is InChI=1S/C12H9N3O5/c16-9-6-3-1-2-4-7(6)10(17)15(9)20-11(18)8-5-13-12(19)14-8/h1-4,8H,5H2,(H2,13,14,19)/t8-/m0/s1. The van der Waals surface area contributed by atoms with Gasteiger partial charge in [-0.2, -0.15) is 0 Å². The van der Waals surface area contributed by atoms with Crippen LogP contribution in [0.5, 0.6) is 0 Å². The quantitative estimate of drug-likeness (QED) is 0.703. The van der Waals surface area contributed by atoms with Crippen LogP contribution in [-0.2, 0) is 9.63 Å². The van der Waals surface area contributed by atoms with E-state index in [1.54, 1.807) is 12.1 Å². The van der Waals surface area contributed by atoms with Crippen molar-refractivity contribution in [3.8, 4) is 0 Å². The zero-order valence-electron chi connectivity index (χ0n) is 10.1. The van der Waals surface area contributed by atoms with E-state index in [1.807, 2.05) is 0 Å². The van der Waals surface area contributed by atoms with Gasteiger partial charge in [0.05, 0.1) is 17.7 Å². The third-order valence-corrected chi connectivity index (χ3v) is 2.99. The van der Waals surface area contributed by atoms with Crippen LogP contribution in [0, 0.1) is 0 Å². The molecule has 8 nitrogen and oxygen atoms in total. The number of carbonyl (C=O) groups is 4. The Morgan fingerprint density at radius 3 is 2.25 bits per heavy atom. The monoisotopic (exact) mass is 275 g/mol. The van der Waals surface area contributed by atoms with Gasteiger partial charge in [0.15, 0.2) is 0 Å². The van der Waals surface area contributed by atoms with Gasteiger partial charge in [-0.25, -0.2) is 9.59 Å². The third-order valence-electron chi connectivity index (χ3n) is 2.99. The molecule has 0 spiro atoms. The zero-order valence-corrected chi connectivity index (χ0v) is 10.1. The fourth-order valence-electron chi connectivity index (χ4n) is 2.00. The highest BCUT2D eigenvalue weighted by Gasteiger charge is 2.40. The number of fused-ring (bicyclic) bond motifs is 1. The predicted octanol–water partition coefficient (Wildman–Crippen LogP) is -0.578. The first-order valence-electron chi connectivity index (χ1n) is 5.82. The fourth-order valence-corrected chi connectivity index (χ4v) is 2.00. The van der Waals surface area contributed by atoms with E-state index in [4.69, 9.17) is 4.84 Å². The molecule has 0 radical (unpaired) electrons. The molecule has 20 heavy (non-hydrogen) atoms. The number of urea groups is 1. The second-order valence-electron chi connectivity index (χ2n) is 4.27. The van der Waals surface area contributed by atoms with E-state index in [2.05, 4.69) is 10.6 Å². The lowest BCUT2D eigenvalue weighted by Gasteiger charge is -2.15. The largest absolute Gasteiger partial charge is 0.357 e. The van der Waals surface area contributed by atoms with Crippen LogP contribution in [0.3, 0.4) is 0 Å². The number of hydroxylamine groups is 2. The van der Waals surface area contributed by atoms with Crippen molar-refractivity contribution in [2.75, 3.05) is 6.54 Å². The average molecular weight is 275 g/mol. The lowest BCUT2D eigenvalue weighted by molar-refractivity contribution is -0.170. The minimum absolute atomic E-state index is 0.0425. The highest BCUT2D eigenvalue weighted by Crippen LogP contribution is 2.22. The van der Waals surface area contributed by atoms with E-state index in [9.17, 15) is 19.2 Å². The molecule has 8 heteroatoms. The van der Waals surface area contributed by atoms with Crippen molar-refractivity contribution in [2.45, 2.75) is 6.04 Å². The zero-order chi connectivity index (χ0) is 14.3. The minimum Gasteiger partial charge on any atom is -0.335 e. The molecule has 1 saturated heterocycles. The summed E-state index contributed by atoms with van der Waals surface area (Å²) in [7, 11) is 0. The van der Waals surface area contributed by atoms with Crippen molar-refractivity contribution in [3.05, 3.63) is 35.4 Å². The number of rotatable bonds is 2. The number of amides is 4. The van der Waals surface area contributed by atoms with Gasteiger partial charge in [-0.1, -0.05) is 17.2 Å². The molecule has 2 aliphatic heterocycles. The van der Waals surface area contributed by atoms with Crippen LogP contribution >= 0.6 is 0 Å². The summed E-state index contributed by atoms with van der Waals surface area (Å²) in [6.07, 6.45) is 0. The fraction of sp³-hybridized carbons (Fsp3) is 0.167. The summed E-state index contributed by atoms with van der Waals surface area (Å²) >= 11 is 0. The normalized spacial score (nSPS) is 20.5. The van der Waals surface area contributed by atoms with E-state index in [1.165, 1.54) is 12.1 Å². The molecule has 2 heterocycles. The minimum atomic E-state index is -0.924. The molecule has 1 aromatic rings. The van der Waals surface area contributed by atoms with E-state index in [-0.39, 0.29) is 17.7 Å². The maximum Gasteiger partial charge on any atom is 0.357 e. The van der Waals surface area contributed by atoms with Crippen molar-refractivity contribution in [1.82, 2.24) is 15.7 Å². The van der Waals surface area contributed by atoms with Gasteiger partial charge in [0, 0.05) is 0 Å². The molecule has 0 unspecified atom stereocenters. The lowest BCUT2D eigenvalue weighted by Crippen LogP contribution is -2.42. The molecule has 1 aromatic carbocycles. The van der Waals surface area contributed by atoms with Gasteiger partial charge in [-0.05, 0) is 12.1 Å². The van der Waals surface area contributed by atoms with Crippen LogP contribution in [0.4, 0.5) is 4.79 Å². The number of hydrogen-bond donors (Lipinski definition) is 2. The first-order valence-corrected chi connectivity index (χ1v) is 5.82. The average Bonchev–Trinajstić information content (AvgIpc) is 2.98. The summed E-state index contributed by atoms with van der Waals surface area (Å²) in [5.41, 5.74) is 0.359. The highest BCUT2D eigenvalue weighted by atomic mass is 16.7. The third kappa shape index (κ3) is 1.78. The van der Waals surface area contributed by atoms with Gasteiger partial charge in [0.25, 0.3) is 11.8 Å². The number of carbonyl (C=O) groups excluding carboxylic acids is 4. The van der Waals surface area contributed by atoms with Gasteiger partial charge < -0.3 is 15.5 Å². The van der Waals surface area contributed by atoms with Crippen molar-refractivity contribution in [1.29, 1.82) is 0 Å². The molecule has 2 N–H and O–H groups in total. The van der Waals surface area contributed by atoms with Crippen LogP contribution in [-0.4, -0.2) is 41.5 Å².